The highest BCUT2D eigenvalue weighted by atomic mass is 16.5. The first-order valence-corrected chi connectivity index (χ1v) is 8.16. The van der Waals surface area contributed by atoms with E-state index in [2.05, 4.69) is 34.1 Å². The highest BCUT2D eigenvalue weighted by Crippen LogP contribution is 2.26. The molecule has 1 fully saturated rings. The van der Waals surface area contributed by atoms with E-state index in [9.17, 15) is 4.79 Å². The van der Waals surface area contributed by atoms with Crippen LogP contribution in [0.25, 0.3) is 0 Å². The molecular weight excluding hydrogens is 302 g/mol. The van der Waals surface area contributed by atoms with Gasteiger partial charge >= 0.3 is 5.97 Å². The summed E-state index contributed by atoms with van der Waals surface area (Å²) in [6, 6.07) is 15.9. The fourth-order valence-electron chi connectivity index (χ4n) is 3.08. The molecule has 0 saturated carbocycles. The van der Waals surface area contributed by atoms with Gasteiger partial charge < -0.3 is 15.4 Å². The van der Waals surface area contributed by atoms with Crippen molar-refractivity contribution in [1.82, 2.24) is 4.90 Å². The quantitative estimate of drug-likeness (QED) is 0.691. The standard InChI is InChI=1S/C19H23N3O2/c1-24-19(23)16-7-8-18(17(20)13-16)22-11-9-21(10-12-22)14-15-5-3-2-4-6-15/h2-8,13H,9-12,14,20H2,1H3. The zero-order valence-electron chi connectivity index (χ0n) is 13.9. The molecule has 1 heterocycles. The normalized spacial score (nSPS) is 15.3. The Bertz CT molecular complexity index is 695. The van der Waals surface area contributed by atoms with Crippen LogP contribution in [0.4, 0.5) is 11.4 Å². The van der Waals surface area contributed by atoms with Crippen molar-refractivity contribution in [3.8, 4) is 0 Å². The van der Waals surface area contributed by atoms with Crippen molar-refractivity contribution in [1.29, 1.82) is 0 Å². The molecule has 0 aromatic heterocycles. The van der Waals surface area contributed by atoms with Crippen LogP contribution in [-0.2, 0) is 11.3 Å². The van der Waals surface area contributed by atoms with Gasteiger partial charge in [0.05, 0.1) is 24.0 Å². The Balaban J connectivity index is 1.61. The Morgan fingerprint density at radius 3 is 2.42 bits per heavy atom. The van der Waals surface area contributed by atoms with Crippen LogP contribution < -0.4 is 10.6 Å². The van der Waals surface area contributed by atoms with E-state index in [1.54, 1.807) is 12.1 Å². The number of anilines is 2. The van der Waals surface area contributed by atoms with Gasteiger partial charge in [-0.05, 0) is 23.8 Å². The molecule has 0 atom stereocenters. The average molecular weight is 325 g/mol. The first kappa shape index (κ1) is 16.3. The van der Waals surface area contributed by atoms with Crippen LogP contribution >= 0.6 is 0 Å². The van der Waals surface area contributed by atoms with Gasteiger partial charge in [-0.3, -0.25) is 4.90 Å². The molecule has 2 aromatic rings. The summed E-state index contributed by atoms with van der Waals surface area (Å²) in [5.74, 6) is -0.360. The van der Waals surface area contributed by atoms with Crippen LogP contribution in [0.3, 0.4) is 0 Å². The van der Waals surface area contributed by atoms with Crippen molar-refractivity contribution in [3.05, 3.63) is 59.7 Å². The Morgan fingerprint density at radius 2 is 1.79 bits per heavy atom. The van der Waals surface area contributed by atoms with Gasteiger partial charge in [0, 0.05) is 32.7 Å². The Hall–Kier alpha value is -2.53. The van der Waals surface area contributed by atoms with Gasteiger partial charge in [0.1, 0.15) is 0 Å². The van der Waals surface area contributed by atoms with Gasteiger partial charge in [0.15, 0.2) is 0 Å². The van der Waals surface area contributed by atoms with E-state index < -0.39 is 0 Å². The summed E-state index contributed by atoms with van der Waals surface area (Å²) in [7, 11) is 1.37. The number of piperazine rings is 1. The van der Waals surface area contributed by atoms with E-state index >= 15 is 0 Å². The second-order valence-electron chi connectivity index (χ2n) is 6.01. The van der Waals surface area contributed by atoms with Crippen LogP contribution in [0.5, 0.6) is 0 Å². The molecule has 126 valence electrons. The molecule has 1 saturated heterocycles. The maximum absolute atomic E-state index is 11.6. The lowest BCUT2D eigenvalue weighted by molar-refractivity contribution is 0.0601. The monoisotopic (exact) mass is 325 g/mol. The number of methoxy groups -OCH3 is 1. The Morgan fingerprint density at radius 1 is 1.08 bits per heavy atom. The number of hydrogen-bond acceptors (Lipinski definition) is 5. The SMILES string of the molecule is COC(=O)c1ccc(N2CCN(Cc3ccccc3)CC2)c(N)c1. The first-order valence-electron chi connectivity index (χ1n) is 8.16. The lowest BCUT2D eigenvalue weighted by Crippen LogP contribution is -2.46. The average Bonchev–Trinajstić information content (AvgIpc) is 2.62. The first-order chi connectivity index (χ1) is 11.7. The highest BCUT2D eigenvalue weighted by Gasteiger charge is 2.19. The second kappa shape index (κ2) is 7.36. The van der Waals surface area contributed by atoms with Gasteiger partial charge in [-0.25, -0.2) is 4.79 Å². The number of benzene rings is 2. The summed E-state index contributed by atoms with van der Waals surface area (Å²) >= 11 is 0. The third-order valence-electron chi connectivity index (χ3n) is 4.41. The molecule has 0 amide bonds. The van der Waals surface area contributed by atoms with Crippen LogP contribution in [-0.4, -0.2) is 44.2 Å². The number of nitrogen functional groups attached to an aromatic ring is 1. The van der Waals surface area contributed by atoms with E-state index in [0.29, 0.717) is 11.3 Å². The molecule has 24 heavy (non-hydrogen) atoms. The minimum atomic E-state index is -0.360. The highest BCUT2D eigenvalue weighted by molar-refractivity contribution is 5.92. The van der Waals surface area contributed by atoms with Crippen molar-refractivity contribution in [2.75, 3.05) is 43.9 Å². The molecule has 0 radical (unpaired) electrons. The summed E-state index contributed by atoms with van der Waals surface area (Å²) in [5.41, 5.74) is 9.58. The van der Waals surface area contributed by atoms with Crippen molar-refractivity contribution in [3.63, 3.8) is 0 Å². The van der Waals surface area contributed by atoms with Crippen LogP contribution in [0.1, 0.15) is 15.9 Å². The zero-order chi connectivity index (χ0) is 16.9. The number of ether oxygens (including phenoxy) is 1. The fraction of sp³-hybridized carbons (Fsp3) is 0.316. The number of nitrogens with two attached hydrogens (primary N) is 1. The van der Waals surface area contributed by atoms with Crippen LogP contribution in [0.2, 0.25) is 0 Å². The predicted molar refractivity (Wildman–Crippen MR) is 96.1 cm³/mol. The van der Waals surface area contributed by atoms with E-state index in [1.165, 1.54) is 12.7 Å². The second-order valence-corrected chi connectivity index (χ2v) is 6.01. The van der Waals surface area contributed by atoms with E-state index in [4.69, 9.17) is 10.5 Å². The van der Waals surface area contributed by atoms with Crippen molar-refractivity contribution in [2.24, 2.45) is 0 Å². The number of carbonyl (C=O) groups is 1. The summed E-state index contributed by atoms with van der Waals surface area (Å²) in [5, 5.41) is 0. The third-order valence-corrected chi connectivity index (χ3v) is 4.41. The van der Waals surface area contributed by atoms with Crippen LogP contribution in [0, 0.1) is 0 Å². The molecule has 1 aliphatic heterocycles. The van der Waals surface area contributed by atoms with Crippen molar-refractivity contribution in [2.45, 2.75) is 6.54 Å². The summed E-state index contributed by atoms with van der Waals surface area (Å²) in [6.07, 6.45) is 0. The third kappa shape index (κ3) is 3.68. The van der Waals surface area contributed by atoms with E-state index in [1.807, 2.05) is 12.1 Å². The smallest absolute Gasteiger partial charge is 0.337 e. The predicted octanol–water partition coefficient (Wildman–Crippen LogP) is 2.38. The number of carbonyl (C=O) groups excluding carboxylic acids is 1. The van der Waals surface area contributed by atoms with Gasteiger partial charge in [-0.2, -0.15) is 0 Å². The molecule has 2 N–H and O–H groups in total. The summed E-state index contributed by atoms with van der Waals surface area (Å²) in [6.45, 7) is 4.81. The molecule has 0 bridgehead atoms. The molecule has 0 spiro atoms. The Labute approximate surface area is 142 Å². The molecular formula is C19H23N3O2. The molecule has 5 heteroatoms. The van der Waals surface area contributed by atoms with Gasteiger partial charge in [0.25, 0.3) is 0 Å². The van der Waals surface area contributed by atoms with Crippen molar-refractivity contribution < 1.29 is 9.53 Å². The largest absolute Gasteiger partial charge is 0.465 e. The van der Waals surface area contributed by atoms with Crippen molar-refractivity contribution >= 4 is 17.3 Å². The summed E-state index contributed by atoms with van der Waals surface area (Å²) < 4.78 is 4.73. The zero-order valence-corrected chi connectivity index (χ0v) is 13.9. The minimum Gasteiger partial charge on any atom is -0.465 e. The number of rotatable bonds is 4. The topological polar surface area (TPSA) is 58.8 Å². The van der Waals surface area contributed by atoms with Gasteiger partial charge in [-0.15, -0.1) is 0 Å². The van der Waals surface area contributed by atoms with E-state index in [0.717, 1.165) is 38.4 Å². The molecule has 1 aliphatic rings. The summed E-state index contributed by atoms with van der Waals surface area (Å²) in [4.78, 5) is 16.3. The Kier molecular flexibility index (Phi) is 5.01. The minimum absolute atomic E-state index is 0.360. The molecule has 3 rings (SSSR count). The molecule has 0 aliphatic carbocycles. The number of nitrogens with zero attached hydrogens (tertiary/aromatic N) is 2. The molecule has 0 unspecified atom stereocenters. The van der Waals surface area contributed by atoms with E-state index in [-0.39, 0.29) is 5.97 Å². The number of hydrogen-bond donors (Lipinski definition) is 1. The van der Waals surface area contributed by atoms with Gasteiger partial charge in [0.2, 0.25) is 0 Å². The maximum atomic E-state index is 11.6. The fourth-order valence-corrected chi connectivity index (χ4v) is 3.08. The molecule has 2 aromatic carbocycles. The number of esters is 1. The lowest BCUT2D eigenvalue weighted by atomic mass is 10.1. The maximum Gasteiger partial charge on any atom is 0.337 e. The van der Waals surface area contributed by atoms with Crippen LogP contribution in [0.15, 0.2) is 48.5 Å². The molecule has 5 nitrogen and oxygen atoms in total. The van der Waals surface area contributed by atoms with Gasteiger partial charge in [-0.1, -0.05) is 30.3 Å². The lowest BCUT2D eigenvalue weighted by Gasteiger charge is -2.36.